The number of esters is 1. The van der Waals surface area contributed by atoms with Gasteiger partial charge in [0.25, 0.3) is 0 Å². The van der Waals surface area contributed by atoms with Crippen LogP contribution < -0.4 is 17.1 Å². The molecule has 3 fully saturated rings. The average Bonchev–Trinajstić information content (AvgIpc) is 3.16. The van der Waals surface area contributed by atoms with Gasteiger partial charge in [-0.15, -0.1) is 0 Å². The first-order chi connectivity index (χ1) is 16.6. The van der Waals surface area contributed by atoms with E-state index in [4.69, 9.17) is 20.6 Å². The molecule has 1 aromatic heterocycles. The van der Waals surface area contributed by atoms with Crippen LogP contribution in [-0.2, 0) is 14.3 Å². The van der Waals surface area contributed by atoms with E-state index in [9.17, 15) is 14.4 Å². The van der Waals surface area contributed by atoms with Crippen molar-refractivity contribution in [2.75, 3.05) is 0 Å². The molecule has 190 valence electrons. The van der Waals surface area contributed by atoms with Crippen LogP contribution in [0.15, 0.2) is 39.3 Å². The smallest absolute Gasteiger partial charge is 0.335 e. The highest BCUT2D eigenvalue weighted by molar-refractivity contribution is 5.84. The summed E-state index contributed by atoms with van der Waals surface area (Å²) in [6.07, 6.45) is 12.3. The van der Waals surface area contributed by atoms with E-state index >= 15 is 0 Å². The third-order valence-corrected chi connectivity index (χ3v) is 10.2. The molecule has 5 rings (SSSR count). The Bertz CT molecular complexity index is 1070. The second-order valence-corrected chi connectivity index (χ2v) is 11.9. The standard InChI is InChI=1S/C28H38N2O5/c1-27-11-9-18(35-26(33)23(29)14-24(30)31)13-17(27)4-5-19-21-7-6-20(16-3-8-25(32)34-15-16)28(21,2)12-10-22(19)27/h3,7-8,15,17-20,22-23H,4-6,9-14,29H2,1-2H3,(H2,30,31)/t17-,18+,19+,20-,22+,23-,27+,28-/m1/s1. The maximum atomic E-state index is 12.4. The highest BCUT2D eigenvalue weighted by Gasteiger charge is 2.58. The summed E-state index contributed by atoms with van der Waals surface area (Å²) in [5.74, 6) is 1.02. The number of primary amides is 1. The molecule has 7 nitrogen and oxygen atoms in total. The van der Waals surface area contributed by atoms with Crippen molar-refractivity contribution in [3.05, 3.63) is 46.0 Å². The van der Waals surface area contributed by atoms with Gasteiger partial charge in [0.05, 0.1) is 12.7 Å². The van der Waals surface area contributed by atoms with Gasteiger partial charge in [-0.2, -0.15) is 0 Å². The fraction of sp³-hybridized carbons (Fsp3) is 0.679. The van der Waals surface area contributed by atoms with Gasteiger partial charge in [0.1, 0.15) is 12.1 Å². The Morgan fingerprint density at radius 2 is 1.97 bits per heavy atom. The Hall–Kier alpha value is -2.41. The number of nitrogens with two attached hydrogens (primary N) is 2. The van der Waals surface area contributed by atoms with Gasteiger partial charge in [0, 0.05) is 6.07 Å². The summed E-state index contributed by atoms with van der Waals surface area (Å²) in [6.45, 7) is 4.88. The zero-order valence-corrected chi connectivity index (χ0v) is 20.8. The van der Waals surface area contributed by atoms with Gasteiger partial charge in [-0.05, 0) is 97.5 Å². The van der Waals surface area contributed by atoms with E-state index in [0.29, 0.717) is 23.7 Å². The highest BCUT2D eigenvalue weighted by Crippen LogP contribution is 2.67. The molecule has 35 heavy (non-hydrogen) atoms. The van der Waals surface area contributed by atoms with Crippen LogP contribution in [0.1, 0.15) is 83.1 Å². The van der Waals surface area contributed by atoms with Crippen molar-refractivity contribution in [1.82, 2.24) is 0 Å². The number of ether oxygens (including phenoxy) is 1. The second-order valence-electron chi connectivity index (χ2n) is 11.9. The normalized spacial score (nSPS) is 38.9. The number of hydrogen-bond donors (Lipinski definition) is 2. The van der Waals surface area contributed by atoms with E-state index in [1.54, 1.807) is 17.9 Å². The molecule has 4 N–H and O–H groups in total. The Morgan fingerprint density at radius 3 is 2.69 bits per heavy atom. The van der Waals surface area contributed by atoms with Gasteiger partial charge >= 0.3 is 11.6 Å². The Morgan fingerprint density at radius 1 is 1.17 bits per heavy atom. The number of hydrogen-bond acceptors (Lipinski definition) is 6. The lowest BCUT2D eigenvalue weighted by molar-refractivity contribution is -0.160. The molecule has 1 heterocycles. The average molecular weight is 483 g/mol. The largest absolute Gasteiger partial charge is 0.461 e. The minimum Gasteiger partial charge on any atom is -0.461 e. The topological polar surface area (TPSA) is 126 Å². The van der Waals surface area contributed by atoms with E-state index < -0.39 is 17.9 Å². The van der Waals surface area contributed by atoms with Crippen molar-refractivity contribution < 1.29 is 18.7 Å². The van der Waals surface area contributed by atoms with Gasteiger partial charge in [-0.25, -0.2) is 4.79 Å². The quantitative estimate of drug-likeness (QED) is 0.486. The zero-order chi connectivity index (χ0) is 25.0. The molecule has 0 bridgehead atoms. The number of rotatable bonds is 5. The van der Waals surface area contributed by atoms with Gasteiger partial charge in [-0.1, -0.05) is 25.5 Å². The third-order valence-electron chi connectivity index (χ3n) is 10.2. The molecule has 1 amide bonds. The molecule has 0 aromatic carbocycles. The van der Waals surface area contributed by atoms with E-state index in [1.165, 1.54) is 12.8 Å². The predicted octanol–water partition coefficient (Wildman–Crippen LogP) is 3.80. The molecule has 0 unspecified atom stereocenters. The van der Waals surface area contributed by atoms with E-state index in [2.05, 4.69) is 19.9 Å². The van der Waals surface area contributed by atoms with E-state index in [1.807, 2.05) is 6.07 Å². The molecule has 0 saturated heterocycles. The van der Waals surface area contributed by atoms with Gasteiger partial charge < -0.3 is 20.6 Å². The molecule has 0 spiro atoms. The number of carbonyl (C=O) groups is 2. The summed E-state index contributed by atoms with van der Waals surface area (Å²) in [4.78, 5) is 34.9. The summed E-state index contributed by atoms with van der Waals surface area (Å²) in [5.41, 5.74) is 13.8. The van der Waals surface area contributed by atoms with Crippen molar-refractivity contribution in [1.29, 1.82) is 0 Å². The summed E-state index contributed by atoms with van der Waals surface area (Å²) >= 11 is 0. The van der Waals surface area contributed by atoms with Crippen molar-refractivity contribution in [2.24, 2.45) is 40.1 Å². The first kappa shape index (κ1) is 24.3. The molecule has 0 radical (unpaired) electrons. The number of amides is 1. The highest BCUT2D eigenvalue weighted by atomic mass is 16.5. The van der Waals surface area contributed by atoms with Crippen LogP contribution in [0.2, 0.25) is 0 Å². The maximum Gasteiger partial charge on any atom is 0.335 e. The number of fused-ring (bicyclic) bond motifs is 5. The summed E-state index contributed by atoms with van der Waals surface area (Å²) < 4.78 is 10.9. The molecule has 3 saturated carbocycles. The van der Waals surface area contributed by atoms with Crippen LogP contribution in [0, 0.1) is 28.6 Å². The predicted molar refractivity (Wildman–Crippen MR) is 131 cm³/mol. The monoisotopic (exact) mass is 482 g/mol. The molecular weight excluding hydrogens is 444 g/mol. The van der Waals surface area contributed by atoms with Gasteiger partial charge in [-0.3, -0.25) is 9.59 Å². The van der Waals surface area contributed by atoms with Crippen LogP contribution >= 0.6 is 0 Å². The first-order valence-electron chi connectivity index (χ1n) is 13.2. The summed E-state index contributed by atoms with van der Waals surface area (Å²) in [7, 11) is 0. The maximum absolute atomic E-state index is 12.4. The van der Waals surface area contributed by atoms with E-state index in [-0.39, 0.29) is 29.0 Å². The van der Waals surface area contributed by atoms with Crippen LogP contribution in [-0.4, -0.2) is 24.0 Å². The Balaban J connectivity index is 1.28. The third kappa shape index (κ3) is 4.15. The lowest BCUT2D eigenvalue weighted by atomic mass is 9.46. The van der Waals surface area contributed by atoms with Crippen LogP contribution in [0.5, 0.6) is 0 Å². The number of allylic oxidation sites excluding steroid dienone is 2. The molecule has 4 aliphatic carbocycles. The van der Waals surface area contributed by atoms with Crippen molar-refractivity contribution >= 4 is 11.9 Å². The molecule has 8 atom stereocenters. The lowest BCUT2D eigenvalue weighted by Gasteiger charge is -2.59. The van der Waals surface area contributed by atoms with Crippen molar-refractivity contribution in [3.8, 4) is 0 Å². The van der Waals surface area contributed by atoms with Crippen molar-refractivity contribution in [3.63, 3.8) is 0 Å². The fourth-order valence-corrected chi connectivity index (χ4v) is 8.28. The summed E-state index contributed by atoms with van der Waals surface area (Å²) in [6, 6.07) is 2.51. The molecular formula is C28H38N2O5. The zero-order valence-electron chi connectivity index (χ0n) is 20.8. The lowest BCUT2D eigenvalue weighted by Crippen LogP contribution is -2.52. The van der Waals surface area contributed by atoms with E-state index in [0.717, 1.165) is 44.1 Å². The first-order valence-corrected chi connectivity index (χ1v) is 13.2. The Kier molecular flexibility index (Phi) is 6.19. The second kappa shape index (κ2) is 8.91. The summed E-state index contributed by atoms with van der Waals surface area (Å²) in [5, 5.41) is 0. The molecule has 1 aromatic rings. The molecule has 0 aliphatic heterocycles. The Labute approximate surface area is 206 Å². The van der Waals surface area contributed by atoms with Crippen LogP contribution in [0.4, 0.5) is 0 Å². The van der Waals surface area contributed by atoms with Crippen molar-refractivity contribution in [2.45, 2.75) is 89.7 Å². The van der Waals surface area contributed by atoms with Crippen LogP contribution in [0.3, 0.4) is 0 Å². The SMILES string of the molecule is C[C@]12CC[C@H](OC(=O)[C@H](N)CC(N)=O)C[C@H]1CC[C@H]1C3=CC[C@H](c4ccc(=O)oc4)[C@@]3(C)CC[C@@H]12. The van der Waals surface area contributed by atoms with Crippen LogP contribution in [0.25, 0.3) is 0 Å². The molecule has 7 heteroatoms. The van der Waals surface area contributed by atoms with Gasteiger partial charge in [0.15, 0.2) is 0 Å². The number of carbonyl (C=O) groups excluding carboxylic acids is 2. The van der Waals surface area contributed by atoms with Gasteiger partial charge in [0.2, 0.25) is 5.91 Å². The fourth-order valence-electron chi connectivity index (χ4n) is 8.28. The molecule has 4 aliphatic rings. The minimum absolute atomic E-state index is 0.119. The minimum atomic E-state index is -0.979.